The van der Waals surface area contributed by atoms with Gasteiger partial charge in [-0.1, -0.05) is 29.8 Å². The summed E-state index contributed by atoms with van der Waals surface area (Å²) >= 11 is 5.88. The van der Waals surface area contributed by atoms with Crippen molar-refractivity contribution in [3.05, 3.63) is 64.4 Å². The van der Waals surface area contributed by atoms with E-state index in [1.165, 1.54) is 5.56 Å². The van der Waals surface area contributed by atoms with E-state index in [-0.39, 0.29) is 0 Å². The van der Waals surface area contributed by atoms with Crippen molar-refractivity contribution in [2.75, 3.05) is 13.6 Å². The second-order valence-corrected chi connectivity index (χ2v) is 5.47. The topological polar surface area (TPSA) is 49.3 Å². The number of rotatable bonds is 5. The van der Waals surface area contributed by atoms with Gasteiger partial charge >= 0.3 is 0 Å². The molecule has 0 unspecified atom stereocenters. The molecule has 0 bridgehead atoms. The SMILES string of the molecule is CN=C(NCCc1ccc(C)nc1)NCc1ccc(Cl)cc1. The molecule has 4 nitrogen and oxygen atoms in total. The molecular weight excluding hydrogens is 296 g/mol. The summed E-state index contributed by atoms with van der Waals surface area (Å²) in [6, 6.07) is 11.9. The highest BCUT2D eigenvalue weighted by Gasteiger charge is 1.99. The van der Waals surface area contributed by atoms with E-state index in [2.05, 4.69) is 26.7 Å². The van der Waals surface area contributed by atoms with Gasteiger partial charge in [0.15, 0.2) is 5.96 Å². The van der Waals surface area contributed by atoms with Crippen LogP contribution >= 0.6 is 11.6 Å². The number of guanidine groups is 1. The molecule has 116 valence electrons. The minimum atomic E-state index is 0.711. The lowest BCUT2D eigenvalue weighted by Gasteiger charge is -2.12. The quantitative estimate of drug-likeness (QED) is 0.658. The van der Waals surface area contributed by atoms with Crippen LogP contribution in [0, 0.1) is 6.92 Å². The van der Waals surface area contributed by atoms with Gasteiger partial charge in [-0.15, -0.1) is 0 Å². The molecule has 0 atom stereocenters. The summed E-state index contributed by atoms with van der Waals surface area (Å²) in [5.74, 6) is 0.787. The Morgan fingerprint density at radius 1 is 1.09 bits per heavy atom. The molecule has 0 spiro atoms. The average Bonchev–Trinajstić information content (AvgIpc) is 2.54. The fourth-order valence-electron chi connectivity index (χ4n) is 1.98. The molecule has 0 radical (unpaired) electrons. The molecule has 0 saturated heterocycles. The predicted octanol–water partition coefficient (Wildman–Crippen LogP) is 2.95. The monoisotopic (exact) mass is 316 g/mol. The van der Waals surface area contributed by atoms with Crippen LogP contribution in [0.1, 0.15) is 16.8 Å². The number of benzene rings is 1. The van der Waals surface area contributed by atoms with E-state index in [0.717, 1.165) is 35.2 Å². The van der Waals surface area contributed by atoms with Crippen LogP contribution in [0.3, 0.4) is 0 Å². The standard InChI is InChI=1S/C17H21ClN4/c1-13-3-4-15(11-21-13)9-10-20-17(19-2)22-12-14-5-7-16(18)8-6-14/h3-8,11H,9-10,12H2,1-2H3,(H2,19,20,22). The van der Waals surface area contributed by atoms with Crippen molar-refractivity contribution in [3.63, 3.8) is 0 Å². The maximum Gasteiger partial charge on any atom is 0.191 e. The number of hydrogen-bond donors (Lipinski definition) is 2. The van der Waals surface area contributed by atoms with E-state index in [9.17, 15) is 0 Å². The highest BCUT2D eigenvalue weighted by Crippen LogP contribution is 2.09. The molecule has 5 heteroatoms. The van der Waals surface area contributed by atoms with Crippen molar-refractivity contribution in [3.8, 4) is 0 Å². The number of halogens is 1. The molecule has 2 aromatic rings. The molecule has 0 aliphatic heterocycles. The van der Waals surface area contributed by atoms with Crippen LogP contribution in [0.15, 0.2) is 47.6 Å². The summed E-state index contributed by atoms with van der Waals surface area (Å²) in [6.07, 6.45) is 2.83. The third-order valence-electron chi connectivity index (χ3n) is 3.28. The van der Waals surface area contributed by atoms with Gasteiger partial charge in [0, 0.05) is 37.1 Å². The van der Waals surface area contributed by atoms with Crippen LogP contribution in [-0.2, 0) is 13.0 Å². The van der Waals surface area contributed by atoms with Crippen LogP contribution in [0.2, 0.25) is 5.02 Å². The Kier molecular flexibility index (Phi) is 6.22. The van der Waals surface area contributed by atoms with Crippen molar-refractivity contribution in [2.24, 2.45) is 4.99 Å². The van der Waals surface area contributed by atoms with Crippen LogP contribution < -0.4 is 10.6 Å². The number of aryl methyl sites for hydroxylation is 1. The molecule has 0 aliphatic rings. The molecule has 22 heavy (non-hydrogen) atoms. The van der Waals surface area contributed by atoms with Gasteiger partial charge in [0.05, 0.1) is 0 Å². The number of nitrogens with one attached hydrogen (secondary N) is 2. The molecule has 1 aromatic heterocycles. The first-order chi connectivity index (χ1) is 10.7. The highest BCUT2D eigenvalue weighted by atomic mass is 35.5. The normalized spacial score (nSPS) is 11.3. The first-order valence-corrected chi connectivity index (χ1v) is 7.65. The van der Waals surface area contributed by atoms with Gasteiger partial charge in [-0.25, -0.2) is 0 Å². The van der Waals surface area contributed by atoms with Crippen molar-refractivity contribution < 1.29 is 0 Å². The Labute approximate surface area is 136 Å². The van der Waals surface area contributed by atoms with E-state index in [0.29, 0.717) is 6.54 Å². The summed E-state index contributed by atoms with van der Waals surface area (Å²) in [6.45, 7) is 3.51. The summed E-state index contributed by atoms with van der Waals surface area (Å²) in [5.41, 5.74) is 3.42. The van der Waals surface area contributed by atoms with Crippen molar-refractivity contribution >= 4 is 17.6 Å². The van der Waals surface area contributed by atoms with E-state index in [1.54, 1.807) is 7.05 Å². The fourth-order valence-corrected chi connectivity index (χ4v) is 2.11. The van der Waals surface area contributed by atoms with E-state index >= 15 is 0 Å². The van der Waals surface area contributed by atoms with Crippen molar-refractivity contribution in [2.45, 2.75) is 19.9 Å². The second kappa shape index (κ2) is 8.39. The van der Waals surface area contributed by atoms with Gasteiger partial charge in [0.1, 0.15) is 0 Å². The minimum absolute atomic E-state index is 0.711. The van der Waals surface area contributed by atoms with Crippen LogP contribution in [0.4, 0.5) is 0 Å². The molecule has 0 amide bonds. The highest BCUT2D eigenvalue weighted by molar-refractivity contribution is 6.30. The number of nitrogens with zero attached hydrogens (tertiary/aromatic N) is 2. The Morgan fingerprint density at radius 3 is 2.45 bits per heavy atom. The van der Waals surface area contributed by atoms with Gasteiger partial charge in [0.25, 0.3) is 0 Å². The summed E-state index contributed by atoms with van der Waals surface area (Å²) in [4.78, 5) is 8.51. The first-order valence-electron chi connectivity index (χ1n) is 7.28. The van der Waals surface area contributed by atoms with E-state index in [4.69, 9.17) is 11.6 Å². The lowest BCUT2D eigenvalue weighted by atomic mass is 10.2. The Balaban J connectivity index is 1.75. The molecule has 2 rings (SSSR count). The Morgan fingerprint density at radius 2 is 1.82 bits per heavy atom. The smallest absolute Gasteiger partial charge is 0.191 e. The molecule has 0 saturated carbocycles. The van der Waals surface area contributed by atoms with Crippen LogP contribution in [0.25, 0.3) is 0 Å². The number of aliphatic imine (C=N–C) groups is 1. The van der Waals surface area contributed by atoms with Crippen molar-refractivity contribution in [1.29, 1.82) is 0 Å². The third-order valence-corrected chi connectivity index (χ3v) is 3.53. The van der Waals surface area contributed by atoms with Gasteiger partial charge in [-0.05, 0) is 42.7 Å². The average molecular weight is 317 g/mol. The predicted molar refractivity (Wildman–Crippen MR) is 92.3 cm³/mol. The number of aromatic nitrogens is 1. The van der Waals surface area contributed by atoms with Crippen LogP contribution in [-0.4, -0.2) is 24.5 Å². The summed E-state index contributed by atoms with van der Waals surface area (Å²) in [7, 11) is 1.77. The fraction of sp³-hybridized carbons (Fsp3) is 0.294. The zero-order valence-electron chi connectivity index (χ0n) is 12.9. The van der Waals surface area contributed by atoms with E-state index in [1.807, 2.05) is 43.5 Å². The zero-order chi connectivity index (χ0) is 15.8. The molecular formula is C17H21ClN4. The van der Waals surface area contributed by atoms with E-state index < -0.39 is 0 Å². The molecule has 0 fully saturated rings. The Hall–Kier alpha value is -2.07. The maximum atomic E-state index is 5.88. The van der Waals surface area contributed by atoms with Gasteiger partial charge in [-0.3, -0.25) is 9.98 Å². The Bertz CT molecular complexity index is 606. The lowest BCUT2D eigenvalue weighted by molar-refractivity contribution is 0.792. The van der Waals surface area contributed by atoms with Gasteiger partial charge in [-0.2, -0.15) is 0 Å². The first kappa shape index (κ1) is 16.3. The van der Waals surface area contributed by atoms with Gasteiger partial charge in [0.2, 0.25) is 0 Å². The maximum absolute atomic E-state index is 5.88. The molecule has 0 aliphatic carbocycles. The third kappa shape index (κ3) is 5.37. The molecule has 2 N–H and O–H groups in total. The summed E-state index contributed by atoms with van der Waals surface area (Å²) in [5, 5.41) is 7.33. The number of pyridine rings is 1. The van der Waals surface area contributed by atoms with Crippen LogP contribution in [0.5, 0.6) is 0 Å². The summed E-state index contributed by atoms with van der Waals surface area (Å²) < 4.78 is 0. The lowest BCUT2D eigenvalue weighted by Crippen LogP contribution is -2.37. The van der Waals surface area contributed by atoms with Crippen molar-refractivity contribution in [1.82, 2.24) is 15.6 Å². The van der Waals surface area contributed by atoms with Gasteiger partial charge < -0.3 is 10.6 Å². The molecule has 1 aromatic carbocycles. The minimum Gasteiger partial charge on any atom is -0.356 e. The largest absolute Gasteiger partial charge is 0.356 e. The number of hydrogen-bond acceptors (Lipinski definition) is 2. The molecule has 1 heterocycles. The zero-order valence-corrected chi connectivity index (χ0v) is 13.7. The second-order valence-electron chi connectivity index (χ2n) is 5.04.